The van der Waals surface area contributed by atoms with Gasteiger partial charge in [0.1, 0.15) is 0 Å². The number of carbonyl (C=O) groups is 1. The molecule has 0 unspecified atom stereocenters. The van der Waals surface area contributed by atoms with Crippen LogP contribution in [0.5, 0.6) is 0 Å². The van der Waals surface area contributed by atoms with Gasteiger partial charge >= 0.3 is 5.97 Å². The predicted octanol–water partition coefficient (Wildman–Crippen LogP) is 2.85. The first-order valence-corrected chi connectivity index (χ1v) is 7.12. The molecule has 0 spiro atoms. The highest BCUT2D eigenvalue weighted by Gasteiger charge is 2.30. The average Bonchev–Trinajstić information content (AvgIpc) is 2.27. The molecule has 1 N–H and O–H groups in total. The molecule has 0 heterocycles. The van der Waals surface area contributed by atoms with Gasteiger partial charge < -0.3 is 10.1 Å². The van der Waals surface area contributed by atoms with Gasteiger partial charge in [-0.2, -0.15) is 0 Å². The van der Waals surface area contributed by atoms with Gasteiger partial charge in [0.2, 0.25) is 0 Å². The van der Waals surface area contributed by atoms with Crippen molar-refractivity contribution in [3.63, 3.8) is 0 Å². The lowest BCUT2D eigenvalue weighted by Crippen LogP contribution is -2.42. The van der Waals surface area contributed by atoms with E-state index in [2.05, 4.69) is 39.4 Å². The van der Waals surface area contributed by atoms with E-state index in [4.69, 9.17) is 4.74 Å². The summed E-state index contributed by atoms with van der Waals surface area (Å²) in [5.41, 5.74) is 1.37. The van der Waals surface area contributed by atoms with Crippen molar-refractivity contribution in [1.29, 1.82) is 0 Å². The number of ether oxygens (including phenoxy) is 1. The molecule has 0 radical (unpaired) electrons. The Morgan fingerprint density at radius 3 is 2.94 bits per heavy atom. The molecule has 4 heteroatoms. The third-order valence-corrected chi connectivity index (χ3v) is 3.79. The Morgan fingerprint density at radius 1 is 1.50 bits per heavy atom. The molecule has 0 atom stereocenters. The van der Waals surface area contributed by atoms with Crippen LogP contribution in [0, 0.1) is 0 Å². The molecule has 18 heavy (non-hydrogen) atoms. The Bertz CT molecular complexity index is 416. The fraction of sp³-hybridized carbons (Fsp3) is 0.500. The second-order valence-corrected chi connectivity index (χ2v) is 5.52. The highest BCUT2D eigenvalue weighted by Crippen LogP contribution is 2.37. The molecule has 2 rings (SSSR count). The van der Waals surface area contributed by atoms with Crippen LogP contribution >= 0.6 is 15.9 Å². The zero-order valence-electron chi connectivity index (χ0n) is 10.5. The Morgan fingerprint density at radius 2 is 2.28 bits per heavy atom. The number of esters is 1. The van der Waals surface area contributed by atoms with Crippen molar-refractivity contribution in [3.8, 4) is 0 Å². The van der Waals surface area contributed by atoms with E-state index >= 15 is 0 Å². The minimum atomic E-state index is -0.164. The largest absolute Gasteiger partial charge is 0.465 e. The van der Waals surface area contributed by atoms with Crippen molar-refractivity contribution >= 4 is 21.9 Å². The lowest BCUT2D eigenvalue weighted by Gasteiger charge is -2.36. The zero-order valence-corrected chi connectivity index (χ0v) is 12.1. The summed E-state index contributed by atoms with van der Waals surface area (Å²) in [6, 6.07) is 8.89. The van der Waals surface area contributed by atoms with Gasteiger partial charge in [-0.15, -0.1) is 0 Å². The van der Waals surface area contributed by atoms with Gasteiger partial charge in [0.15, 0.2) is 0 Å². The standard InChI is InChI=1S/C14H18BrNO2/c1-2-18-14(17)9-16-13-7-11(8-13)10-4-3-5-12(15)6-10/h3-6,11,13,16H,2,7-9H2,1H3. The minimum absolute atomic E-state index is 0.164. The SMILES string of the molecule is CCOC(=O)CNC1CC(c2cccc(Br)c2)C1. The Balaban J connectivity index is 1.72. The molecule has 0 saturated heterocycles. The molecule has 0 aromatic heterocycles. The average molecular weight is 312 g/mol. The maximum atomic E-state index is 11.2. The summed E-state index contributed by atoms with van der Waals surface area (Å²) < 4.78 is 6.01. The molecule has 1 aliphatic rings. The maximum Gasteiger partial charge on any atom is 0.319 e. The first kappa shape index (κ1) is 13.6. The van der Waals surface area contributed by atoms with Crippen LogP contribution in [0.15, 0.2) is 28.7 Å². The summed E-state index contributed by atoms with van der Waals surface area (Å²) in [5, 5.41) is 3.23. The number of nitrogens with one attached hydrogen (secondary N) is 1. The molecule has 1 aromatic carbocycles. The van der Waals surface area contributed by atoms with Crippen LogP contribution in [0.1, 0.15) is 31.2 Å². The normalized spacial score (nSPS) is 22.3. The summed E-state index contributed by atoms with van der Waals surface area (Å²) in [4.78, 5) is 11.2. The second kappa shape index (κ2) is 6.34. The number of benzene rings is 1. The van der Waals surface area contributed by atoms with Gasteiger partial charge in [-0.1, -0.05) is 28.1 Å². The van der Waals surface area contributed by atoms with Crippen molar-refractivity contribution in [3.05, 3.63) is 34.3 Å². The molecule has 0 bridgehead atoms. The fourth-order valence-electron chi connectivity index (χ4n) is 2.26. The molecule has 1 fully saturated rings. The summed E-state index contributed by atoms with van der Waals surface area (Å²) in [6.45, 7) is 2.60. The zero-order chi connectivity index (χ0) is 13.0. The number of halogens is 1. The van der Waals surface area contributed by atoms with Gasteiger partial charge in [0, 0.05) is 10.5 Å². The van der Waals surface area contributed by atoms with E-state index in [1.165, 1.54) is 5.56 Å². The Kier molecular flexibility index (Phi) is 4.78. The van der Waals surface area contributed by atoms with E-state index in [0.717, 1.165) is 17.3 Å². The highest BCUT2D eigenvalue weighted by molar-refractivity contribution is 9.10. The van der Waals surface area contributed by atoms with Crippen LogP contribution in [0.3, 0.4) is 0 Å². The van der Waals surface area contributed by atoms with E-state index in [1.807, 2.05) is 13.0 Å². The number of hydrogen-bond acceptors (Lipinski definition) is 3. The summed E-state index contributed by atoms with van der Waals surface area (Å²) >= 11 is 3.49. The summed E-state index contributed by atoms with van der Waals surface area (Å²) in [5.74, 6) is 0.450. The Labute approximate surface area is 116 Å². The van der Waals surface area contributed by atoms with E-state index < -0.39 is 0 Å². The second-order valence-electron chi connectivity index (χ2n) is 4.61. The monoisotopic (exact) mass is 311 g/mol. The lowest BCUT2D eigenvalue weighted by molar-refractivity contribution is -0.142. The number of rotatable bonds is 5. The van der Waals surface area contributed by atoms with Gasteiger partial charge in [-0.3, -0.25) is 4.79 Å². The number of carbonyl (C=O) groups excluding carboxylic acids is 1. The van der Waals surface area contributed by atoms with Crippen LogP contribution in [0.4, 0.5) is 0 Å². The first-order chi connectivity index (χ1) is 8.69. The molecule has 0 amide bonds. The minimum Gasteiger partial charge on any atom is -0.465 e. The third-order valence-electron chi connectivity index (χ3n) is 3.30. The molecule has 1 saturated carbocycles. The van der Waals surface area contributed by atoms with Gasteiger partial charge in [-0.25, -0.2) is 0 Å². The van der Waals surface area contributed by atoms with Crippen LogP contribution < -0.4 is 5.32 Å². The highest BCUT2D eigenvalue weighted by atomic mass is 79.9. The first-order valence-electron chi connectivity index (χ1n) is 6.33. The molecule has 98 valence electrons. The molecular weight excluding hydrogens is 294 g/mol. The number of hydrogen-bond donors (Lipinski definition) is 1. The van der Waals surface area contributed by atoms with Crippen LogP contribution in [0.25, 0.3) is 0 Å². The smallest absolute Gasteiger partial charge is 0.319 e. The van der Waals surface area contributed by atoms with E-state index in [-0.39, 0.29) is 5.97 Å². The van der Waals surface area contributed by atoms with Crippen molar-refractivity contribution < 1.29 is 9.53 Å². The van der Waals surface area contributed by atoms with Gasteiger partial charge in [0.05, 0.1) is 13.2 Å². The molecule has 1 aliphatic carbocycles. The summed E-state index contributed by atoms with van der Waals surface area (Å²) in [7, 11) is 0. The summed E-state index contributed by atoms with van der Waals surface area (Å²) in [6.07, 6.45) is 2.19. The van der Waals surface area contributed by atoms with Gasteiger partial charge in [-0.05, 0) is 43.4 Å². The van der Waals surface area contributed by atoms with Crippen molar-refractivity contribution in [1.82, 2.24) is 5.32 Å². The third kappa shape index (κ3) is 3.56. The van der Waals surface area contributed by atoms with E-state index in [9.17, 15) is 4.79 Å². The van der Waals surface area contributed by atoms with E-state index in [0.29, 0.717) is 25.1 Å². The van der Waals surface area contributed by atoms with Crippen molar-refractivity contribution in [2.75, 3.05) is 13.2 Å². The van der Waals surface area contributed by atoms with Crippen LogP contribution in [-0.2, 0) is 9.53 Å². The van der Waals surface area contributed by atoms with Crippen LogP contribution in [0.2, 0.25) is 0 Å². The van der Waals surface area contributed by atoms with Gasteiger partial charge in [0.25, 0.3) is 0 Å². The van der Waals surface area contributed by atoms with Crippen molar-refractivity contribution in [2.45, 2.75) is 31.7 Å². The van der Waals surface area contributed by atoms with Crippen molar-refractivity contribution in [2.24, 2.45) is 0 Å². The molecule has 1 aromatic rings. The topological polar surface area (TPSA) is 38.3 Å². The fourth-order valence-corrected chi connectivity index (χ4v) is 2.67. The lowest BCUT2D eigenvalue weighted by atomic mass is 9.76. The van der Waals surface area contributed by atoms with Crippen LogP contribution in [-0.4, -0.2) is 25.2 Å². The Hall–Kier alpha value is -0.870. The quantitative estimate of drug-likeness (QED) is 0.850. The predicted molar refractivity (Wildman–Crippen MR) is 74.5 cm³/mol. The molecular formula is C14H18BrNO2. The molecule has 0 aliphatic heterocycles. The molecule has 3 nitrogen and oxygen atoms in total. The van der Waals surface area contributed by atoms with E-state index in [1.54, 1.807) is 0 Å². The maximum absolute atomic E-state index is 11.2.